The van der Waals surface area contributed by atoms with Gasteiger partial charge in [-0.3, -0.25) is 29.1 Å². The summed E-state index contributed by atoms with van der Waals surface area (Å²) in [6, 6.07) is 13.5. The van der Waals surface area contributed by atoms with Crippen LogP contribution in [-0.4, -0.2) is 205 Å². The average Bonchev–Trinajstić information content (AvgIpc) is 1.65. The molecule has 2 spiro atoms. The number of benzene rings is 2. The lowest BCUT2D eigenvalue weighted by Gasteiger charge is -2.45. The molecule has 1 aliphatic carbocycles. The number of likely N-dealkylation sites (tertiary alicyclic amines) is 5. The van der Waals surface area contributed by atoms with Gasteiger partial charge in [0.2, 0.25) is 0 Å². The van der Waals surface area contributed by atoms with Gasteiger partial charge in [-0.2, -0.15) is 52.7 Å². The predicted molar refractivity (Wildman–Crippen MR) is 311 cm³/mol. The third-order valence-electron chi connectivity index (χ3n) is 18.8. The number of piperazine rings is 2. The summed E-state index contributed by atoms with van der Waals surface area (Å²) in [7, 11) is 0. The molecule has 8 fully saturated rings. The standard InChI is InChI=1S/C31H42F6N4O4.C19H26N2O3.C13H17F6NO2/c1-20-6-7-21(24(14-20)41-18-22-15-23(41)17-39(22)19-25(42)45-28(2,3)4)16-40-11-5-8-29(40)9-12-38(13-10-29)27(43)44-26(30(32,33)34)31(35,36)37;1-13-5-6-14(12-22)17(7-13)21-10-15-8-16(21)9-20(15)11-18(23)24-19(2,3)4;14-12(15,16)9(13(17,18)19)22-10(21)20-7-5-11(6-8-20)3-1-2-4-11/h6-7,14,22-23,26H,5,8-13,15-19H2,1-4H3;5-7,12,15-16H,8-11H2,1-4H3;9H,1-8H2. The number of piperidine rings is 2. The van der Waals surface area contributed by atoms with E-state index in [1.807, 2.05) is 67.5 Å². The Labute approximate surface area is 523 Å². The Bertz CT molecular complexity index is 2860. The fourth-order valence-corrected chi connectivity index (χ4v) is 14.5. The number of esters is 2. The molecule has 2 aromatic carbocycles. The molecule has 7 heterocycles. The Kier molecular flexibility index (Phi) is 21.3. The Hall–Kier alpha value is -5.77. The number of nitrogens with zero attached hydrogens (tertiary/aromatic N) is 7. The van der Waals surface area contributed by atoms with Crippen LogP contribution in [0.3, 0.4) is 0 Å². The SMILES string of the molecule is Cc1ccc(C=O)c(N2CC3CC2CN3CC(=O)OC(C)(C)C)c1.Cc1ccc(CN2CCCC23CCN(C(=O)OC(C(F)(F)F)C(F)(F)F)CC3)c(N2CC3CC2CN3CC(=O)OC(C)(C)C)c1.O=C(OC(C(F)(F)F)C(F)(F)F)N1CCC2(CCCC2)CC1. The van der Waals surface area contributed by atoms with E-state index in [4.69, 9.17) is 9.47 Å². The molecular weight excluding hydrogens is 1230 g/mol. The number of aryl methyl sites for hydroxylation is 2. The molecule has 7 saturated heterocycles. The minimum absolute atomic E-state index is 0.0158. The normalized spacial score (nSPS) is 23.6. The molecule has 7 aliphatic heterocycles. The summed E-state index contributed by atoms with van der Waals surface area (Å²) in [5.74, 6) is -0.386. The van der Waals surface area contributed by atoms with Crippen molar-refractivity contribution < 1.29 is 95.6 Å². The van der Waals surface area contributed by atoms with Gasteiger partial charge in [-0.15, -0.1) is 0 Å². The highest BCUT2D eigenvalue weighted by Gasteiger charge is 2.62. The number of amides is 2. The lowest BCUT2D eigenvalue weighted by Crippen LogP contribution is -2.54. The van der Waals surface area contributed by atoms with Gasteiger partial charge < -0.3 is 38.5 Å². The van der Waals surface area contributed by atoms with Crippen molar-refractivity contribution in [3.8, 4) is 0 Å². The van der Waals surface area contributed by atoms with Crippen LogP contribution >= 0.6 is 0 Å². The molecular formula is C63H85F12N7O9. The summed E-state index contributed by atoms with van der Waals surface area (Å²) in [5.41, 5.74) is 5.16. The van der Waals surface area contributed by atoms with E-state index in [9.17, 15) is 76.7 Å². The van der Waals surface area contributed by atoms with E-state index in [1.54, 1.807) is 0 Å². The maximum absolute atomic E-state index is 12.9. The van der Waals surface area contributed by atoms with Crippen LogP contribution < -0.4 is 9.80 Å². The zero-order valence-electron chi connectivity index (χ0n) is 52.8. The lowest BCUT2D eigenvalue weighted by molar-refractivity contribution is -0.309. The number of ether oxygens (including phenoxy) is 4. The highest BCUT2D eigenvalue weighted by atomic mass is 19.4. The van der Waals surface area contributed by atoms with Crippen molar-refractivity contribution in [3.63, 3.8) is 0 Å². The van der Waals surface area contributed by atoms with Gasteiger partial charge in [0.15, 0.2) is 6.29 Å². The number of rotatable bonds is 11. The molecule has 2 amide bonds. The Balaban J connectivity index is 0.000000195. The van der Waals surface area contributed by atoms with Gasteiger partial charge in [-0.05, 0) is 166 Å². The average molecular weight is 1310 g/mol. The predicted octanol–water partition coefficient (Wildman–Crippen LogP) is 12.3. The fraction of sp³-hybridized carbons (Fsp3) is 0.730. The number of carbonyl (C=O) groups excluding carboxylic acids is 5. The molecule has 16 nitrogen and oxygen atoms in total. The number of aldehydes is 1. The lowest BCUT2D eigenvalue weighted by atomic mass is 9.77. The van der Waals surface area contributed by atoms with E-state index >= 15 is 0 Å². The Morgan fingerprint density at radius 2 is 0.945 bits per heavy atom. The molecule has 4 atom stereocenters. The summed E-state index contributed by atoms with van der Waals surface area (Å²) in [5, 5.41) is 0. The van der Waals surface area contributed by atoms with Gasteiger partial charge in [0.05, 0.1) is 13.1 Å². The van der Waals surface area contributed by atoms with Crippen LogP contribution in [-0.2, 0) is 35.1 Å². The molecule has 0 aromatic heterocycles. The number of halogens is 12. The van der Waals surface area contributed by atoms with Crippen molar-refractivity contribution in [2.75, 3.05) is 81.8 Å². The summed E-state index contributed by atoms with van der Waals surface area (Å²) >= 11 is 0. The number of anilines is 2. The number of hydrogen-bond acceptors (Lipinski definition) is 14. The second kappa shape index (κ2) is 27.3. The molecule has 4 bridgehead atoms. The van der Waals surface area contributed by atoms with Gasteiger partial charge >= 0.3 is 48.8 Å². The van der Waals surface area contributed by atoms with Crippen molar-refractivity contribution in [2.24, 2.45) is 5.41 Å². The molecule has 8 aliphatic rings. The Morgan fingerprint density at radius 3 is 1.35 bits per heavy atom. The van der Waals surface area contributed by atoms with Crippen molar-refractivity contribution in [1.82, 2.24) is 24.5 Å². The first-order chi connectivity index (χ1) is 42.1. The zero-order chi connectivity index (χ0) is 67.0. The van der Waals surface area contributed by atoms with Crippen molar-refractivity contribution in [3.05, 3.63) is 58.7 Å². The number of fused-ring (bicyclic) bond motifs is 4. The van der Waals surface area contributed by atoms with Crippen LogP contribution in [0.1, 0.15) is 146 Å². The first kappa shape index (κ1) is 71.1. The van der Waals surface area contributed by atoms with Gasteiger partial charge in [0.1, 0.15) is 11.2 Å². The van der Waals surface area contributed by atoms with E-state index in [2.05, 4.69) is 58.2 Å². The van der Waals surface area contributed by atoms with Crippen LogP contribution in [0.15, 0.2) is 36.4 Å². The van der Waals surface area contributed by atoms with Gasteiger partial charge in [-0.1, -0.05) is 31.0 Å². The van der Waals surface area contributed by atoms with Gasteiger partial charge in [0, 0.05) is 106 Å². The second-order valence-corrected chi connectivity index (χ2v) is 27.9. The van der Waals surface area contributed by atoms with E-state index in [0.29, 0.717) is 50.9 Å². The molecule has 1 saturated carbocycles. The maximum atomic E-state index is 12.9. The quantitative estimate of drug-likeness (QED) is 0.0910. The molecule has 10 rings (SSSR count). The Morgan fingerprint density at radius 1 is 0.527 bits per heavy atom. The molecule has 510 valence electrons. The zero-order valence-corrected chi connectivity index (χ0v) is 52.8. The molecule has 0 radical (unpaired) electrons. The first-order valence-corrected chi connectivity index (χ1v) is 31.2. The molecule has 91 heavy (non-hydrogen) atoms. The van der Waals surface area contributed by atoms with E-state index in [-0.39, 0.29) is 67.7 Å². The summed E-state index contributed by atoms with van der Waals surface area (Å²) in [6.07, 6.45) is -23.3. The van der Waals surface area contributed by atoms with Gasteiger partial charge in [-0.25, -0.2) is 9.59 Å². The van der Waals surface area contributed by atoms with Crippen molar-refractivity contribution in [1.29, 1.82) is 0 Å². The number of alkyl halides is 12. The molecule has 0 N–H and O–H groups in total. The van der Waals surface area contributed by atoms with E-state index in [1.165, 1.54) is 0 Å². The van der Waals surface area contributed by atoms with Crippen molar-refractivity contribution >= 4 is 41.8 Å². The fourth-order valence-electron chi connectivity index (χ4n) is 14.5. The molecule has 28 heteroatoms. The largest absolute Gasteiger partial charge is 0.459 e. The van der Waals surface area contributed by atoms with E-state index < -0.39 is 60.3 Å². The van der Waals surface area contributed by atoms with Crippen molar-refractivity contribution in [2.45, 2.75) is 217 Å². The van der Waals surface area contributed by atoms with Crippen LogP contribution in [0.5, 0.6) is 0 Å². The second-order valence-electron chi connectivity index (χ2n) is 27.9. The van der Waals surface area contributed by atoms with Crippen LogP contribution in [0.25, 0.3) is 0 Å². The highest BCUT2D eigenvalue weighted by molar-refractivity contribution is 5.85. The summed E-state index contributed by atoms with van der Waals surface area (Å²) in [4.78, 5) is 73.3. The third-order valence-corrected chi connectivity index (χ3v) is 18.8. The maximum Gasteiger partial charge on any atom is 0.434 e. The summed E-state index contributed by atoms with van der Waals surface area (Å²) < 4.78 is 170. The topological polar surface area (TPSA) is 145 Å². The van der Waals surface area contributed by atoms with E-state index in [0.717, 1.165) is 134 Å². The van der Waals surface area contributed by atoms with Crippen LogP contribution in [0, 0.1) is 19.3 Å². The third kappa shape index (κ3) is 17.9. The number of hydrogen-bond donors (Lipinski definition) is 0. The summed E-state index contributed by atoms with van der Waals surface area (Å²) in [6.45, 7) is 21.0. The monoisotopic (exact) mass is 1310 g/mol. The number of carbonyl (C=O) groups is 5. The highest BCUT2D eigenvalue weighted by Crippen LogP contribution is 2.48. The van der Waals surface area contributed by atoms with Crippen LogP contribution in [0.4, 0.5) is 73.6 Å². The molecule has 4 unspecified atom stereocenters. The first-order valence-electron chi connectivity index (χ1n) is 31.2. The smallest absolute Gasteiger partial charge is 0.434 e. The minimum atomic E-state index is -5.75. The van der Waals surface area contributed by atoms with Gasteiger partial charge in [0.25, 0.3) is 12.2 Å². The van der Waals surface area contributed by atoms with Crippen LogP contribution in [0.2, 0.25) is 0 Å². The minimum Gasteiger partial charge on any atom is -0.459 e. The molecule has 2 aromatic rings.